The Morgan fingerprint density at radius 1 is 1.23 bits per heavy atom. The number of hydrogen-bond acceptors (Lipinski definition) is 6. The highest BCUT2D eigenvalue weighted by molar-refractivity contribution is 7.99. The van der Waals surface area contributed by atoms with E-state index in [0.717, 1.165) is 16.7 Å². The molecule has 26 heavy (non-hydrogen) atoms. The van der Waals surface area contributed by atoms with Gasteiger partial charge in [0.15, 0.2) is 16.6 Å². The summed E-state index contributed by atoms with van der Waals surface area (Å²) in [6.07, 6.45) is 1.86. The zero-order valence-corrected chi connectivity index (χ0v) is 14.6. The molecular formula is C18H14N6OS. The van der Waals surface area contributed by atoms with Gasteiger partial charge >= 0.3 is 0 Å². The van der Waals surface area contributed by atoms with Crippen molar-refractivity contribution in [3.05, 3.63) is 60.2 Å². The van der Waals surface area contributed by atoms with Gasteiger partial charge in [-0.05, 0) is 31.2 Å². The maximum Gasteiger partial charge on any atom is 0.196 e. The number of thioether (sulfide) groups is 1. The second-order valence-corrected chi connectivity index (χ2v) is 6.95. The van der Waals surface area contributed by atoms with Crippen molar-refractivity contribution in [3.8, 4) is 6.07 Å². The van der Waals surface area contributed by atoms with Gasteiger partial charge in [0.05, 0.1) is 16.3 Å². The molecule has 0 aliphatic carbocycles. The number of aliphatic hydroxyl groups excluding tert-OH is 1. The normalized spacial score (nSPS) is 13.5. The first-order valence-electron chi connectivity index (χ1n) is 7.92. The summed E-state index contributed by atoms with van der Waals surface area (Å²) >= 11 is 1.32. The standard InChI is InChI=1S/C18H14N6OS/c1-11(26-18-23-22-15-8-4-5-9-24(15)18)16(25)12(10-19)17-20-13-6-2-3-7-14(13)21-17/h2-9,11,25H,1H3,(H,20,21)/t11-/m1/s1. The van der Waals surface area contributed by atoms with Crippen LogP contribution in [0.25, 0.3) is 22.3 Å². The number of rotatable bonds is 4. The Morgan fingerprint density at radius 2 is 2.04 bits per heavy atom. The van der Waals surface area contributed by atoms with E-state index in [9.17, 15) is 10.4 Å². The van der Waals surface area contributed by atoms with E-state index in [1.165, 1.54) is 11.8 Å². The molecule has 4 aromatic rings. The summed E-state index contributed by atoms with van der Waals surface area (Å²) in [6, 6.07) is 15.2. The number of aromatic nitrogens is 5. The summed E-state index contributed by atoms with van der Waals surface area (Å²) in [5, 5.41) is 28.7. The molecule has 0 amide bonds. The zero-order chi connectivity index (χ0) is 18.1. The van der Waals surface area contributed by atoms with E-state index in [0.29, 0.717) is 11.0 Å². The minimum absolute atomic E-state index is 0.0516. The summed E-state index contributed by atoms with van der Waals surface area (Å²) < 4.78 is 1.84. The smallest absolute Gasteiger partial charge is 0.196 e. The van der Waals surface area contributed by atoms with Crippen molar-refractivity contribution in [1.82, 2.24) is 24.6 Å². The molecule has 1 aromatic carbocycles. The zero-order valence-electron chi connectivity index (χ0n) is 13.8. The second kappa shape index (κ2) is 6.54. The third-order valence-electron chi connectivity index (χ3n) is 3.94. The molecule has 0 bridgehead atoms. The summed E-state index contributed by atoms with van der Waals surface area (Å²) in [4.78, 5) is 7.47. The van der Waals surface area contributed by atoms with Crippen molar-refractivity contribution in [1.29, 1.82) is 5.26 Å². The number of nitriles is 1. The van der Waals surface area contributed by atoms with Crippen LogP contribution in [0.15, 0.2) is 59.6 Å². The van der Waals surface area contributed by atoms with Gasteiger partial charge in [0.25, 0.3) is 0 Å². The second-order valence-electron chi connectivity index (χ2n) is 5.65. The summed E-state index contributed by atoms with van der Waals surface area (Å²) in [5.74, 6) is 0.300. The van der Waals surface area contributed by atoms with Crippen molar-refractivity contribution in [2.24, 2.45) is 0 Å². The Labute approximate surface area is 153 Å². The number of aliphatic hydroxyl groups is 1. The lowest BCUT2D eigenvalue weighted by Gasteiger charge is -2.10. The number of allylic oxidation sites excluding steroid dienone is 1. The fraction of sp³-hybridized carbons (Fsp3) is 0.111. The number of imidazole rings is 1. The molecule has 4 rings (SSSR count). The Hall–Kier alpha value is -3.31. The van der Waals surface area contributed by atoms with Gasteiger partial charge < -0.3 is 10.1 Å². The van der Waals surface area contributed by atoms with E-state index in [1.807, 2.05) is 60.0 Å². The van der Waals surface area contributed by atoms with E-state index in [2.05, 4.69) is 26.2 Å². The Kier molecular flexibility index (Phi) is 4.07. The van der Waals surface area contributed by atoms with Gasteiger partial charge in [-0.2, -0.15) is 5.26 Å². The molecular weight excluding hydrogens is 348 g/mol. The van der Waals surface area contributed by atoms with E-state index in [1.54, 1.807) is 0 Å². The van der Waals surface area contributed by atoms with E-state index in [-0.39, 0.29) is 11.3 Å². The van der Waals surface area contributed by atoms with Crippen LogP contribution in [0.5, 0.6) is 0 Å². The number of pyridine rings is 1. The highest BCUT2D eigenvalue weighted by atomic mass is 32.2. The SMILES string of the molecule is C[C@@H](Sc1nnc2ccccn12)C(O)=C(C#N)c1nc2ccccc2[nH]1. The highest BCUT2D eigenvalue weighted by Crippen LogP contribution is 2.29. The van der Waals surface area contributed by atoms with Gasteiger partial charge in [0, 0.05) is 6.20 Å². The predicted octanol–water partition coefficient (Wildman–Crippen LogP) is 3.58. The topological polar surface area (TPSA) is 103 Å². The molecule has 0 unspecified atom stereocenters. The average molecular weight is 362 g/mol. The molecule has 0 aliphatic heterocycles. The van der Waals surface area contributed by atoms with E-state index < -0.39 is 5.25 Å². The summed E-state index contributed by atoms with van der Waals surface area (Å²) in [5.41, 5.74) is 2.40. The molecule has 0 spiro atoms. The Morgan fingerprint density at radius 3 is 2.85 bits per heavy atom. The van der Waals surface area contributed by atoms with E-state index in [4.69, 9.17) is 0 Å². The quantitative estimate of drug-likeness (QED) is 0.327. The summed E-state index contributed by atoms with van der Waals surface area (Å²) in [6.45, 7) is 1.81. The van der Waals surface area contributed by atoms with Gasteiger partial charge in [0.1, 0.15) is 17.4 Å². The van der Waals surface area contributed by atoms with Crippen molar-refractivity contribution in [3.63, 3.8) is 0 Å². The van der Waals surface area contributed by atoms with Crippen molar-refractivity contribution in [2.45, 2.75) is 17.3 Å². The first-order valence-corrected chi connectivity index (χ1v) is 8.80. The minimum Gasteiger partial charge on any atom is -0.510 e. The van der Waals surface area contributed by atoms with E-state index >= 15 is 0 Å². The molecule has 0 saturated heterocycles. The average Bonchev–Trinajstić information content (AvgIpc) is 3.26. The number of H-pyrrole nitrogens is 1. The van der Waals surface area contributed by atoms with Crippen LogP contribution in [0, 0.1) is 11.3 Å². The molecule has 0 fully saturated rings. The molecule has 128 valence electrons. The molecule has 0 aliphatic rings. The van der Waals surface area contributed by atoms with Crippen LogP contribution in [0.1, 0.15) is 12.7 Å². The van der Waals surface area contributed by atoms with Gasteiger partial charge in [-0.15, -0.1) is 10.2 Å². The Bertz CT molecular complexity index is 1140. The van der Waals surface area contributed by atoms with Crippen molar-refractivity contribution >= 4 is 34.0 Å². The maximum absolute atomic E-state index is 10.6. The van der Waals surface area contributed by atoms with Gasteiger partial charge in [0.2, 0.25) is 0 Å². The fourth-order valence-corrected chi connectivity index (χ4v) is 3.52. The lowest BCUT2D eigenvalue weighted by molar-refractivity contribution is 0.401. The van der Waals surface area contributed by atoms with Gasteiger partial charge in [-0.25, -0.2) is 4.98 Å². The molecule has 1 atom stereocenters. The number of nitrogens with one attached hydrogen (secondary N) is 1. The molecule has 3 heterocycles. The number of benzene rings is 1. The predicted molar refractivity (Wildman–Crippen MR) is 99.6 cm³/mol. The third kappa shape index (κ3) is 2.78. The van der Waals surface area contributed by atoms with Gasteiger partial charge in [-0.3, -0.25) is 4.40 Å². The van der Waals surface area contributed by atoms with Crippen molar-refractivity contribution in [2.75, 3.05) is 0 Å². The lowest BCUT2D eigenvalue weighted by atomic mass is 10.2. The first kappa shape index (κ1) is 16.2. The number of nitrogens with zero attached hydrogens (tertiary/aromatic N) is 5. The van der Waals surface area contributed by atoms with Crippen LogP contribution in [-0.2, 0) is 0 Å². The number of para-hydroxylation sites is 2. The largest absolute Gasteiger partial charge is 0.510 e. The van der Waals surface area contributed by atoms with Crippen LogP contribution < -0.4 is 0 Å². The van der Waals surface area contributed by atoms with Crippen LogP contribution >= 0.6 is 11.8 Å². The highest BCUT2D eigenvalue weighted by Gasteiger charge is 2.21. The fourth-order valence-electron chi connectivity index (χ4n) is 2.62. The van der Waals surface area contributed by atoms with Crippen LogP contribution in [-0.4, -0.2) is 34.9 Å². The number of hydrogen-bond donors (Lipinski definition) is 2. The Balaban J connectivity index is 1.68. The summed E-state index contributed by atoms with van der Waals surface area (Å²) in [7, 11) is 0. The van der Waals surface area contributed by atoms with Crippen molar-refractivity contribution < 1.29 is 5.11 Å². The molecule has 0 radical (unpaired) electrons. The monoisotopic (exact) mass is 362 g/mol. The molecule has 7 nitrogen and oxygen atoms in total. The third-order valence-corrected chi connectivity index (χ3v) is 5.01. The van der Waals surface area contributed by atoms with Crippen LogP contribution in [0.2, 0.25) is 0 Å². The molecule has 0 saturated carbocycles. The minimum atomic E-state index is -0.398. The first-order chi connectivity index (χ1) is 12.7. The van der Waals surface area contributed by atoms with Crippen LogP contribution in [0.4, 0.5) is 0 Å². The number of aromatic amines is 1. The lowest BCUT2D eigenvalue weighted by Crippen LogP contribution is -2.06. The maximum atomic E-state index is 10.6. The van der Waals surface area contributed by atoms with Crippen LogP contribution in [0.3, 0.4) is 0 Å². The molecule has 2 N–H and O–H groups in total. The molecule has 8 heteroatoms. The molecule has 3 aromatic heterocycles. The number of fused-ring (bicyclic) bond motifs is 2. The van der Waals surface area contributed by atoms with Gasteiger partial charge in [-0.1, -0.05) is 30.0 Å².